The predicted octanol–water partition coefficient (Wildman–Crippen LogP) is 12.0. The summed E-state index contributed by atoms with van der Waals surface area (Å²) in [6, 6.07) is 32.2. The monoisotopic (exact) mass is 660 g/mol. The van der Waals surface area contributed by atoms with Crippen molar-refractivity contribution in [2.24, 2.45) is 11.3 Å². The Morgan fingerprint density at radius 2 is 1.60 bits per heavy atom. The molecular weight excluding hydrogens is 613 g/mol. The fraction of sp³-hybridized carbons (Fsp3) is 0.289. The van der Waals surface area contributed by atoms with Crippen molar-refractivity contribution in [3.63, 3.8) is 0 Å². The Labute approximate surface area is 296 Å². The van der Waals surface area contributed by atoms with Crippen LogP contribution in [0, 0.1) is 25.2 Å². The van der Waals surface area contributed by atoms with Crippen molar-refractivity contribution in [2.75, 3.05) is 0 Å². The fourth-order valence-electron chi connectivity index (χ4n) is 6.96. The van der Waals surface area contributed by atoms with Crippen LogP contribution < -0.4 is 4.74 Å². The van der Waals surface area contributed by atoms with E-state index in [0.717, 1.165) is 70.8 Å². The Morgan fingerprint density at radius 3 is 2.42 bits per heavy atom. The third-order valence-electron chi connectivity index (χ3n) is 9.61. The molecule has 5 nitrogen and oxygen atoms in total. The lowest BCUT2D eigenvalue weighted by Crippen LogP contribution is -2.07. The molecule has 7 aromatic rings. The molecule has 254 valence electrons. The number of nitrogens with zero attached hydrogens (tertiary/aromatic N) is 4. The smallest absolute Gasteiger partial charge is 0.137 e. The Bertz CT molecular complexity index is 2300. The number of pyridine rings is 1. The molecule has 0 amide bonds. The molecule has 50 heavy (non-hydrogen) atoms. The van der Waals surface area contributed by atoms with Crippen LogP contribution in [0.15, 0.2) is 110 Å². The highest BCUT2D eigenvalue weighted by Gasteiger charge is 2.17. The molecule has 0 aliphatic heterocycles. The van der Waals surface area contributed by atoms with Crippen molar-refractivity contribution in [1.29, 1.82) is 0 Å². The van der Waals surface area contributed by atoms with E-state index in [9.17, 15) is 0 Å². The van der Waals surface area contributed by atoms with Gasteiger partial charge >= 0.3 is 0 Å². The van der Waals surface area contributed by atoms with Crippen LogP contribution in [0.4, 0.5) is 0 Å². The first kappa shape index (κ1) is 33.3. The number of ether oxygens (including phenoxy) is 1. The molecule has 0 radical (unpaired) electrons. The van der Waals surface area contributed by atoms with E-state index >= 15 is 0 Å². The number of fused-ring (bicyclic) bond motifs is 3. The van der Waals surface area contributed by atoms with Crippen LogP contribution in [0.5, 0.6) is 11.5 Å². The third-order valence-corrected chi connectivity index (χ3v) is 9.61. The van der Waals surface area contributed by atoms with Crippen molar-refractivity contribution in [2.45, 2.75) is 74.1 Å². The Morgan fingerprint density at radius 1 is 0.780 bits per heavy atom. The van der Waals surface area contributed by atoms with Crippen LogP contribution in [0.1, 0.15) is 69.7 Å². The molecule has 0 bridgehead atoms. The second kappa shape index (κ2) is 13.6. The van der Waals surface area contributed by atoms with E-state index in [-0.39, 0.29) is 5.41 Å². The molecule has 3 aromatic heterocycles. The van der Waals surface area contributed by atoms with Crippen LogP contribution in [0.25, 0.3) is 44.4 Å². The molecule has 0 spiro atoms. The summed E-state index contributed by atoms with van der Waals surface area (Å²) in [6.07, 6.45) is 10.4. The van der Waals surface area contributed by atoms with Gasteiger partial charge in [0.15, 0.2) is 0 Å². The van der Waals surface area contributed by atoms with Crippen molar-refractivity contribution >= 4 is 21.8 Å². The van der Waals surface area contributed by atoms with Gasteiger partial charge in [-0.15, -0.1) is 0 Å². The SMILES string of the molecule is Cc1cc(Oc2ccc3c4ccccc4n(-c4cc(CCC(C)C)ccn4)c3c2)cc(-n2cc(-c3c(C)cccc3CCC(C)(C)C)cn2)c1. The molecular formula is C45H48N4O. The van der Waals surface area contributed by atoms with E-state index in [2.05, 4.69) is 150 Å². The van der Waals surface area contributed by atoms with Gasteiger partial charge in [0, 0.05) is 40.9 Å². The first-order valence-electron chi connectivity index (χ1n) is 17.9. The van der Waals surface area contributed by atoms with E-state index in [4.69, 9.17) is 14.8 Å². The molecule has 5 heteroatoms. The minimum atomic E-state index is 0.277. The molecule has 0 atom stereocenters. The van der Waals surface area contributed by atoms with Crippen molar-refractivity contribution < 1.29 is 4.74 Å². The van der Waals surface area contributed by atoms with Gasteiger partial charge in [-0.1, -0.05) is 71.0 Å². The predicted molar refractivity (Wildman–Crippen MR) is 208 cm³/mol. The number of benzene rings is 4. The highest BCUT2D eigenvalue weighted by atomic mass is 16.5. The highest BCUT2D eigenvalue weighted by molar-refractivity contribution is 6.09. The van der Waals surface area contributed by atoms with Gasteiger partial charge < -0.3 is 4.74 Å². The third kappa shape index (κ3) is 7.09. The summed E-state index contributed by atoms with van der Waals surface area (Å²) in [5.41, 5.74) is 10.9. The standard InChI is InChI=1S/C45H48N4O/c1-30(2)15-16-33-20-22-46-43(25-33)49-41-14-9-8-13-39(41)40-18-17-37(27-42(40)49)50-38-24-31(3)23-36(26-38)48-29-35(28-47-48)44-32(4)11-10-12-34(44)19-21-45(5,6)7/h8-14,17-18,20,22-30H,15-16,19,21H2,1-7H3. The lowest BCUT2D eigenvalue weighted by atomic mass is 9.86. The Hall–Kier alpha value is -5.16. The van der Waals surface area contributed by atoms with E-state index < -0.39 is 0 Å². The molecule has 7 rings (SSSR count). The second-order valence-corrected chi connectivity index (χ2v) is 15.4. The summed E-state index contributed by atoms with van der Waals surface area (Å²) in [5.74, 6) is 3.13. The number of aromatic nitrogens is 4. The molecule has 0 aliphatic carbocycles. The second-order valence-electron chi connectivity index (χ2n) is 15.4. The first-order valence-corrected chi connectivity index (χ1v) is 17.9. The van der Waals surface area contributed by atoms with E-state index in [0.29, 0.717) is 5.92 Å². The number of rotatable bonds is 10. The van der Waals surface area contributed by atoms with Gasteiger partial charge in [-0.3, -0.25) is 4.57 Å². The Kier molecular flexibility index (Phi) is 9.09. The fourth-order valence-corrected chi connectivity index (χ4v) is 6.96. The van der Waals surface area contributed by atoms with Crippen molar-refractivity contribution in [1.82, 2.24) is 19.3 Å². The number of aryl methyl sites for hydroxylation is 4. The number of hydrogen-bond donors (Lipinski definition) is 0. The summed E-state index contributed by atoms with van der Waals surface area (Å²) in [5, 5.41) is 7.21. The normalized spacial score (nSPS) is 12.0. The van der Waals surface area contributed by atoms with Crippen LogP contribution in [-0.2, 0) is 12.8 Å². The van der Waals surface area contributed by atoms with Gasteiger partial charge in [-0.2, -0.15) is 5.10 Å². The van der Waals surface area contributed by atoms with Crippen LogP contribution in [0.3, 0.4) is 0 Å². The van der Waals surface area contributed by atoms with E-state index in [1.54, 1.807) is 0 Å². The largest absolute Gasteiger partial charge is 0.457 e. The highest BCUT2D eigenvalue weighted by Crippen LogP contribution is 2.36. The summed E-state index contributed by atoms with van der Waals surface area (Å²) in [7, 11) is 0. The molecule has 4 aromatic carbocycles. The average Bonchev–Trinajstić information content (AvgIpc) is 3.69. The average molecular weight is 661 g/mol. The maximum absolute atomic E-state index is 6.62. The van der Waals surface area contributed by atoms with Gasteiger partial charge in [0.2, 0.25) is 0 Å². The van der Waals surface area contributed by atoms with Crippen LogP contribution in [-0.4, -0.2) is 19.3 Å². The maximum atomic E-state index is 6.62. The first-order chi connectivity index (χ1) is 24.0. The molecule has 3 heterocycles. The van der Waals surface area contributed by atoms with Gasteiger partial charge in [0.25, 0.3) is 0 Å². The van der Waals surface area contributed by atoms with Crippen LogP contribution >= 0.6 is 0 Å². The lowest BCUT2D eigenvalue weighted by molar-refractivity contribution is 0.378. The number of hydrogen-bond acceptors (Lipinski definition) is 3. The quantitative estimate of drug-likeness (QED) is 0.147. The Balaban J connectivity index is 1.22. The van der Waals surface area contributed by atoms with Gasteiger partial charge in [-0.25, -0.2) is 9.67 Å². The summed E-state index contributed by atoms with van der Waals surface area (Å²) in [4.78, 5) is 4.85. The molecule has 0 unspecified atom stereocenters. The zero-order chi connectivity index (χ0) is 35.0. The zero-order valence-electron chi connectivity index (χ0n) is 30.5. The minimum Gasteiger partial charge on any atom is -0.457 e. The molecule has 0 aliphatic rings. The topological polar surface area (TPSA) is 44.9 Å². The van der Waals surface area contributed by atoms with Crippen molar-refractivity contribution in [3.8, 4) is 34.1 Å². The molecule has 0 saturated carbocycles. The summed E-state index contributed by atoms with van der Waals surface area (Å²) >= 11 is 0. The maximum Gasteiger partial charge on any atom is 0.137 e. The lowest BCUT2D eigenvalue weighted by Gasteiger charge is -2.19. The van der Waals surface area contributed by atoms with Gasteiger partial charge in [-0.05, 0) is 121 Å². The zero-order valence-corrected chi connectivity index (χ0v) is 30.5. The van der Waals surface area contributed by atoms with Crippen LogP contribution in [0.2, 0.25) is 0 Å². The molecule has 0 N–H and O–H groups in total. The summed E-state index contributed by atoms with van der Waals surface area (Å²) in [6.45, 7) is 15.8. The van der Waals surface area contributed by atoms with E-state index in [1.165, 1.54) is 33.0 Å². The van der Waals surface area contributed by atoms with Gasteiger partial charge in [0.05, 0.1) is 22.9 Å². The van der Waals surface area contributed by atoms with E-state index in [1.807, 2.05) is 17.1 Å². The summed E-state index contributed by atoms with van der Waals surface area (Å²) < 4.78 is 10.9. The molecule has 0 saturated heterocycles. The van der Waals surface area contributed by atoms with Gasteiger partial charge in [0.1, 0.15) is 17.3 Å². The molecule has 0 fully saturated rings. The number of para-hydroxylation sites is 1. The van der Waals surface area contributed by atoms with Crippen molar-refractivity contribution in [3.05, 3.63) is 132 Å². The minimum absolute atomic E-state index is 0.277.